The molecule has 1 aromatic heterocycles. The van der Waals surface area contributed by atoms with Crippen LogP contribution in [-0.4, -0.2) is 23.8 Å². The maximum absolute atomic E-state index is 14.1. The second kappa shape index (κ2) is 7.81. The number of nitrogens with zero attached hydrogens (tertiary/aromatic N) is 1. The van der Waals surface area contributed by atoms with Crippen molar-refractivity contribution >= 4 is 23.7 Å². The zero-order chi connectivity index (χ0) is 18.4. The summed E-state index contributed by atoms with van der Waals surface area (Å²) >= 11 is 0. The molecule has 0 atom stereocenters. The molecule has 0 fully saturated rings. The van der Waals surface area contributed by atoms with Gasteiger partial charge in [-0.3, -0.25) is 5.32 Å². The lowest BCUT2D eigenvalue weighted by atomic mass is 10.3. The van der Waals surface area contributed by atoms with Crippen LogP contribution in [0.25, 0.3) is 0 Å². The molecule has 0 aliphatic rings. The molecule has 0 saturated carbocycles. The molecule has 0 aliphatic carbocycles. The van der Waals surface area contributed by atoms with Crippen molar-refractivity contribution in [1.29, 1.82) is 0 Å². The Bertz CT molecular complexity index is 799. The van der Waals surface area contributed by atoms with E-state index in [0.717, 1.165) is 6.07 Å². The van der Waals surface area contributed by atoms with Crippen molar-refractivity contribution in [3.8, 4) is 17.2 Å². The van der Waals surface area contributed by atoms with Crippen molar-refractivity contribution < 1.29 is 28.2 Å². The summed E-state index contributed by atoms with van der Waals surface area (Å²) in [4.78, 5) is 26.1. The number of hydrogen-bond donors (Lipinski definition) is 3. The number of halogens is 1. The summed E-state index contributed by atoms with van der Waals surface area (Å²) in [7, 11) is 0. The van der Waals surface area contributed by atoms with Crippen LogP contribution in [0.2, 0.25) is 0 Å². The molecular formula is C15H15FN4O5. The predicted molar refractivity (Wildman–Crippen MR) is 86.0 cm³/mol. The summed E-state index contributed by atoms with van der Waals surface area (Å²) in [5, 5.41) is 2.37. The van der Waals surface area contributed by atoms with Gasteiger partial charge in [0.25, 0.3) is 0 Å². The molecule has 2 rings (SSSR count). The number of carbonyl (C=O) groups excluding carboxylic acids is 2. The number of carbonyl (C=O) groups is 2. The minimum atomic E-state index is -1.07. The molecule has 9 nitrogen and oxygen atoms in total. The van der Waals surface area contributed by atoms with Crippen LogP contribution in [0.4, 0.5) is 25.5 Å². The molecule has 1 heterocycles. The number of nitrogens with one attached hydrogen (secondary N) is 1. The van der Waals surface area contributed by atoms with E-state index in [1.165, 1.54) is 24.4 Å². The van der Waals surface area contributed by atoms with Crippen LogP contribution in [0.5, 0.6) is 17.2 Å². The van der Waals surface area contributed by atoms with Crippen molar-refractivity contribution in [2.45, 2.75) is 6.92 Å². The van der Waals surface area contributed by atoms with Crippen LogP contribution in [0.3, 0.4) is 0 Å². The quantitative estimate of drug-likeness (QED) is 0.753. The van der Waals surface area contributed by atoms with Crippen molar-refractivity contribution in [3.05, 3.63) is 36.3 Å². The lowest BCUT2D eigenvalue weighted by Crippen LogP contribution is -2.16. The van der Waals surface area contributed by atoms with Gasteiger partial charge in [0.2, 0.25) is 0 Å². The number of rotatable bonds is 5. The third kappa shape index (κ3) is 4.70. The lowest BCUT2D eigenvalue weighted by Gasteiger charge is -2.14. The van der Waals surface area contributed by atoms with E-state index in [-0.39, 0.29) is 35.4 Å². The van der Waals surface area contributed by atoms with E-state index in [9.17, 15) is 14.0 Å². The number of anilines is 2. The van der Waals surface area contributed by atoms with E-state index in [2.05, 4.69) is 15.0 Å². The van der Waals surface area contributed by atoms with Crippen LogP contribution in [0.15, 0.2) is 30.5 Å². The van der Waals surface area contributed by atoms with E-state index >= 15 is 0 Å². The predicted octanol–water partition coefficient (Wildman–Crippen LogP) is 2.62. The molecule has 0 unspecified atom stereocenters. The van der Waals surface area contributed by atoms with Gasteiger partial charge in [-0.2, -0.15) is 0 Å². The Morgan fingerprint density at radius 3 is 2.68 bits per heavy atom. The second-order valence-corrected chi connectivity index (χ2v) is 4.53. The topological polar surface area (TPSA) is 139 Å². The molecule has 10 heteroatoms. The maximum Gasteiger partial charge on any atom is 0.411 e. The Morgan fingerprint density at radius 2 is 2.04 bits per heavy atom. The number of amides is 2. The van der Waals surface area contributed by atoms with Gasteiger partial charge in [-0.05, 0) is 19.1 Å². The highest BCUT2D eigenvalue weighted by atomic mass is 19.1. The second-order valence-electron chi connectivity index (χ2n) is 4.53. The molecule has 1 aromatic carbocycles. The van der Waals surface area contributed by atoms with Gasteiger partial charge in [0, 0.05) is 18.3 Å². The fraction of sp³-hybridized carbons (Fsp3) is 0.133. The largest absolute Gasteiger partial charge is 0.452 e. The highest BCUT2D eigenvalue weighted by molar-refractivity contribution is 5.90. The van der Waals surface area contributed by atoms with Gasteiger partial charge < -0.3 is 25.7 Å². The number of benzene rings is 1. The van der Waals surface area contributed by atoms with E-state index < -0.39 is 18.0 Å². The average Bonchev–Trinajstić information content (AvgIpc) is 2.53. The van der Waals surface area contributed by atoms with Crippen LogP contribution >= 0.6 is 0 Å². The van der Waals surface area contributed by atoms with Gasteiger partial charge in [0.1, 0.15) is 11.4 Å². The summed E-state index contributed by atoms with van der Waals surface area (Å²) in [5.74, 6) is -1.11. The number of nitrogen functional groups attached to an aromatic ring is 1. The monoisotopic (exact) mass is 350 g/mol. The number of primary amides is 1. The average molecular weight is 350 g/mol. The molecule has 132 valence electrons. The summed E-state index contributed by atoms with van der Waals surface area (Å²) in [6.07, 6.45) is -0.516. The maximum atomic E-state index is 14.1. The zero-order valence-electron chi connectivity index (χ0n) is 13.1. The van der Waals surface area contributed by atoms with Crippen LogP contribution < -0.4 is 26.3 Å². The van der Waals surface area contributed by atoms with Gasteiger partial charge in [-0.25, -0.2) is 19.0 Å². The Morgan fingerprint density at radius 1 is 1.28 bits per heavy atom. The zero-order valence-corrected chi connectivity index (χ0v) is 13.1. The number of pyridine rings is 1. The number of aromatic nitrogens is 1. The lowest BCUT2D eigenvalue weighted by molar-refractivity contribution is 0.168. The van der Waals surface area contributed by atoms with E-state index in [0.29, 0.717) is 0 Å². The Kier molecular flexibility index (Phi) is 5.56. The van der Waals surface area contributed by atoms with Crippen LogP contribution in [0.1, 0.15) is 6.92 Å². The Labute approximate surface area is 141 Å². The standard InChI is InChI=1S/C15H15FN4O5/c1-2-23-15(22)20-12-11(5-6-19-13(12)17)25-10-4-3-8(7-9(10)16)24-14(18)21/h3-7H,2H2,1H3,(H2,17,19)(H2,18,21)(H,20,22). The van der Waals surface area contributed by atoms with Crippen LogP contribution in [-0.2, 0) is 4.74 Å². The summed E-state index contributed by atoms with van der Waals surface area (Å²) in [5.41, 5.74) is 10.6. The highest BCUT2D eigenvalue weighted by Crippen LogP contribution is 2.34. The van der Waals surface area contributed by atoms with Gasteiger partial charge in [-0.1, -0.05) is 0 Å². The Balaban J connectivity index is 2.26. The fourth-order valence-electron chi connectivity index (χ4n) is 1.80. The third-order valence-electron chi connectivity index (χ3n) is 2.79. The normalized spacial score (nSPS) is 10.0. The molecule has 0 spiro atoms. The minimum Gasteiger partial charge on any atom is -0.452 e. The SMILES string of the molecule is CCOC(=O)Nc1c(Oc2ccc(OC(N)=O)cc2F)ccnc1N. The highest BCUT2D eigenvalue weighted by Gasteiger charge is 2.16. The van der Waals surface area contributed by atoms with Crippen molar-refractivity contribution in [2.75, 3.05) is 17.7 Å². The van der Waals surface area contributed by atoms with Crippen molar-refractivity contribution in [2.24, 2.45) is 5.73 Å². The minimum absolute atomic E-state index is 0.0258. The van der Waals surface area contributed by atoms with Gasteiger partial charge in [-0.15, -0.1) is 0 Å². The molecule has 2 amide bonds. The number of ether oxygens (including phenoxy) is 3. The van der Waals surface area contributed by atoms with Crippen molar-refractivity contribution in [1.82, 2.24) is 4.98 Å². The van der Waals surface area contributed by atoms with Gasteiger partial charge >= 0.3 is 12.2 Å². The molecule has 5 N–H and O–H groups in total. The van der Waals surface area contributed by atoms with E-state index in [1.54, 1.807) is 6.92 Å². The Hall–Kier alpha value is -3.56. The summed E-state index contributed by atoms with van der Waals surface area (Å²) in [6.45, 7) is 1.78. The number of nitrogens with two attached hydrogens (primary N) is 2. The first kappa shape index (κ1) is 17.8. The first-order chi connectivity index (χ1) is 11.9. The van der Waals surface area contributed by atoms with E-state index in [4.69, 9.17) is 20.9 Å². The molecule has 2 aromatic rings. The van der Waals surface area contributed by atoms with E-state index in [1.807, 2.05) is 0 Å². The molecule has 0 saturated heterocycles. The molecular weight excluding hydrogens is 335 g/mol. The summed E-state index contributed by atoms with van der Waals surface area (Å²) in [6, 6.07) is 4.80. The van der Waals surface area contributed by atoms with Gasteiger partial charge in [0.15, 0.2) is 23.1 Å². The molecule has 0 aliphatic heterocycles. The molecule has 25 heavy (non-hydrogen) atoms. The van der Waals surface area contributed by atoms with Crippen molar-refractivity contribution in [3.63, 3.8) is 0 Å². The molecule has 0 radical (unpaired) electrons. The number of hydrogen-bond acceptors (Lipinski definition) is 7. The smallest absolute Gasteiger partial charge is 0.411 e. The first-order valence-electron chi connectivity index (χ1n) is 7.03. The van der Waals surface area contributed by atoms with Gasteiger partial charge in [0.05, 0.1) is 6.61 Å². The van der Waals surface area contributed by atoms with Crippen LogP contribution in [0, 0.1) is 5.82 Å². The summed E-state index contributed by atoms with van der Waals surface area (Å²) < 4.78 is 28.8. The molecule has 0 bridgehead atoms. The first-order valence-corrected chi connectivity index (χ1v) is 7.03. The third-order valence-corrected chi connectivity index (χ3v) is 2.79. The fourth-order valence-corrected chi connectivity index (χ4v) is 1.80.